The van der Waals surface area contributed by atoms with Gasteiger partial charge in [0.15, 0.2) is 0 Å². The first kappa shape index (κ1) is 10.3. The number of aryl methyl sites for hydroxylation is 1. The van der Waals surface area contributed by atoms with Crippen LogP contribution in [-0.4, -0.2) is 6.04 Å². The van der Waals surface area contributed by atoms with Crippen LogP contribution in [0.1, 0.15) is 36.8 Å². The third-order valence-corrected chi connectivity index (χ3v) is 4.79. The van der Waals surface area contributed by atoms with Crippen LogP contribution in [-0.2, 0) is 6.42 Å². The Morgan fingerprint density at radius 1 is 1.38 bits per heavy atom. The SMILES string of the molecule is CCc1ccc2scc(C3CCC3N)c2c1. The Morgan fingerprint density at radius 3 is 2.88 bits per heavy atom. The van der Waals surface area contributed by atoms with Crippen molar-refractivity contribution in [3.63, 3.8) is 0 Å². The molecule has 2 aromatic rings. The van der Waals surface area contributed by atoms with Crippen molar-refractivity contribution in [1.29, 1.82) is 0 Å². The van der Waals surface area contributed by atoms with Crippen molar-refractivity contribution in [2.45, 2.75) is 38.1 Å². The molecular formula is C14H17NS. The quantitative estimate of drug-likeness (QED) is 0.838. The largest absolute Gasteiger partial charge is 0.327 e. The molecule has 1 heterocycles. The van der Waals surface area contributed by atoms with E-state index in [1.54, 1.807) is 0 Å². The molecule has 0 radical (unpaired) electrons. The van der Waals surface area contributed by atoms with Gasteiger partial charge in [0.2, 0.25) is 0 Å². The van der Waals surface area contributed by atoms with Gasteiger partial charge in [-0.05, 0) is 47.2 Å². The third-order valence-electron chi connectivity index (χ3n) is 3.80. The Morgan fingerprint density at radius 2 is 2.25 bits per heavy atom. The molecule has 2 atom stereocenters. The van der Waals surface area contributed by atoms with Crippen molar-refractivity contribution in [1.82, 2.24) is 0 Å². The highest BCUT2D eigenvalue weighted by Crippen LogP contribution is 2.41. The fraction of sp³-hybridized carbons (Fsp3) is 0.429. The first-order valence-electron chi connectivity index (χ1n) is 6.05. The lowest BCUT2D eigenvalue weighted by molar-refractivity contribution is 0.349. The normalized spacial score (nSPS) is 24.6. The van der Waals surface area contributed by atoms with Crippen LogP contribution in [0, 0.1) is 0 Å². The fourth-order valence-corrected chi connectivity index (χ4v) is 3.52. The molecule has 2 N–H and O–H groups in total. The standard InChI is InChI=1S/C14H17NS/c1-2-9-3-6-14-11(7-9)12(8-16-14)10-4-5-13(10)15/h3,6-8,10,13H,2,4-5,15H2,1H3. The molecule has 1 fully saturated rings. The maximum Gasteiger partial charge on any atom is 0.0345 e. The monoisotopic (exact) mass is 231 g/mol. The molecule has 1 aliphatic carbocycles. The second-order valence-corrected chi connectivity index (χ2v) is 5.63. The highest BCUT2D eigenvalue weighted by molar-refractivity contribution is 7.17. The van der Waals surface area contributed by atoms with Crippen molar-refractivity contribution in [3.05, 3.63) is 34.7 Å². The number of benzene rings is 1. The lowest BCUT2D eigenvalue weighted by Crippen LogP contribution is -2.37. The first-order chi connectivity index (χ1) is 7.79. The molecule has 0 aliphatic heterocycles. The predicted molar refractivity (Wildman–Crippen MR) is 71.2 cm³/mol. The van der Waals surface area contributed by atoms with E-state index in [2.05, 4.69) is 30.5 Å². The average molecular weight is 231 g/mol. The lowest BCUT2D eigenvalue weighted by atomic mass is 9.75. The van der Waals surface area contributed by atoms with Gasteiger partial charge in [0.05, 0.1) is 0 Å². The van der Waals surface area contributed by atoms with Gasteiger partial charge in [-0.1, -0.05) is 19.1 Å². The zero-order valence-corrected chi connectivity index (χ0v) is 10.4. The summed E-state index contributed by atoms with van der Waals surface area (Å²) in [4.78, 5) is 0. The number of fused-ring (bicyclic) bond motifs is 1. The summed E-state index contributed by atoms with van der Waals surface area (Å²) in [6.07, 6.45) is 3.57. The molecule has 1 aromatic carbocycles. The smallest absolute Gasteiger partial charge is 0.0345 e. The number of nitrogens with two attached hydrogens (primary N) is 1. The van der Waals surface area contributed by atoms with Gasteiger partial charge in [-0.3, -0.25) is 0 Å². The zero-order chi connectivity index (χ0) is 11.1. The number of hydrogen-bond acceptors (Lipinski definition) is 2. The van der Waals surface area contributed by atoms with Crippen LogP contribution in [0.5, 0.6) is 0 Å². The van der Waals surface area contributed by atoms with E-state index in [-0.39, 0.29) is 0 Å². The summed E-state index contributed by atoms with van der Waals surface area (Å²) in [6, 6.07) is 7.24. The van der Waals surface area contributed by atoms with Crippen molar-refractivity contribution in [2.75, 3.05) is 0 Å². The van der Waals surface area contributed by atoms with Crippen molar-refractivity contribution < 1.29 is 0 Å². The Balaban J connectivity index is 2.10. The third kappa shape index (κ3) is 1.48. The van der Waals surface area contributed by atoms with Gasteiger partial charge < -0.3 is 5.73 Å². The van der Waals surface area contributed by atoms with Crippen LogP contribution < -0.4 is 5.73 Å². The van der Waals surface area contributed by atoms with Crippen molar-refractivity contribution in [3.8, 4) is 0 Å². The number of hydrogen-bond donors (Lipinski definition) is 1. The van der Waals surface area contributed by atoms with E-state index < -0.39 is 0 Å². The predicted octanol–water partition coefficient (Wildman–Crippen LogP) is 3.67. The molecule has 16 heavy (non-hydrogen) atoms. The minimum atomic E-state index is 0.392. The maximum absolute atomic E-state index is 6.08. The van der Waals surface area contributed by atoms with Gasteiger partial charge >= 0.3 is 0 Å². The average Bonchev–Trinajstić information content (AvgIpc) is 2.70. The molecule has 0 spiro atoms. The van der Waals surface area contributed by atoms with E-state index in [9.17, 15) is 0 Å². The van der Waals surface area contributed by atoms with Crippen LogP contribution in [0.3, 0.4) is 0 Å². The molecule has 1 aromatic heterocycles. The molecule has 0 saturated heterocycles. The van der Waals surface area contributed by atoms with Crippen LogP contribution in [0.2, 0.25) is 0 Å². The summed E-state index contributed by atoms with van der Waals surface area (Å²) in [5.41, 5.74) is 9.01. The lowest BCUT2D eigenvalue weighted by Gasteiger charge is -2.33. The molecule has 2 unspecified atom stereocenters. The molecule has 0 amide bonds. The second-order valence-electron chi connectivity index (χ2n) is 4.72. The maximum atomic E-state index is 6.08. The van der Waals surface area contributed by atoms with Crippen LogP contribution >= 0.6 is 11.3 Å². The summed E-state index contributed by atoms with van der Waals surface area (Å²) < 4.78 is 1.41. The molecule has 84 valence electrons. The molecule has 0 bridgehead atoms. The van der Waals surface area contributed by atoms with Crippen LogP contribution in [0.25, 0.3) is 10.1 Å². The summed E-state index contributed by atoms with van der Waals surface area (Å²) in [5, 5.41) is 3.76. The summed E-state index contributed by atoms with van der Waals surface area (Å²) in [5.74, 6) is 0.612. The van der Waals surface area contributed by atoms with Gasteiger partial charge in [-0.15, -0.1) is 11.3 Å². The fourth-order valence-electron chi connectivity index (χ4n) is 2.51. The molecule has 3 rings (SSSR count). The summed E-state index contributed by atoms with van der Waals surface area (Å²) in [7, 11) is 0. The van der Waals surface area contributed by atoms with Crippen LogP contribution in [0.4, 0.5) is 0 Å². The van der Waals surface area contributed by atoms with E-state index in [0.717, 1.165) is 6.42 Å². The number of rotatable bonds is 2. The Hall–Kier alpha value is -0.860. The van der Waals surface area contributed by atoms with Gasteiger partial charge in [0, 0.05) is 16.7 Å². The van der Waals surface area contributed by atoms with Gasteiger partial charge in [-0.25, -0.2) is 0 Å². The first-order valence-corrected chi connectivity index (χ1v) is 6.93. The van der Waals surface area contributed by atoms with Crippen molar-refractivity contribution >= 4 is 21.4 Å². The zero-order valence-electron chi connectivity index (χ0n) is 9.57. The topological polar surface area (TPSA) is 26.0 Å². The van der Waals surface area contributed by atoms with E-state index in [0.29, 0.717) is 12.0 Å². The highest BCUT2D eigenvalue weighted by Gasteiger charge is 2.30. The molecule has 2 heteroatoms. The summed E-state index contributed by atoms with van der Waals surface area (Å²) >= 11 is 1.86. The van der Waals surface area contributed by atoms with Gasteiger partial charge in [0.25, 0.3) is 0 Å². The van der Waals surface area contributed by atoms with E-state index in [1.807, 2.05) is 11.3 Å². The van der Waals surface area contributed by atoms with E-state index in [1.165, 1.54) is 34.1 Å². The number of thiophene rings is 1. The Labute approximate surface area is 100 Å². The molecule has 1 aliphatic rings. The minimum Gasteiger partial charge on any atom is -0.327 e. The van der Waals surface area contributed by atoms with Crippen LogP contribution in [0.15, 0.2) is 23.6 Å². The van der Waals surface area contributed by atoms with Gasteiger partial charge in [-0.2, -0.15) is 0 Å². The molecule has 1 nitrogen and oxygen atoms in total. The van der Waals surface area contributed by atoms with E-state index in [4.69, 9.17) is 5.73 Å². The molecular weight excluding hydrogens is 214 g/mol. The highest BCUT2D eigenvalue weighted by atomic mass is 32.1. The second kappa shape index (κ2) is 3.86. The Bertz CT molecular complexity index is 514. The minimum absolute atomic E-state index is 0.392. The van der Waals surface area contributed by atoms with Crippen molar-refractivity contribution in [2.24, 2.45) is 5.73 Å². The Kier molecular flexibility index (Phi) is 2.49. The summed E-state index contributed by atoms with van der Waals surface area (Å²) in [6.45, 7) is 2.21. The molecule has 1 saturated carbocycles. The van der Waals surface area contributed by atoms with Gasteiger partial charge in [0.1, 0.15) is 0 Å². The van der Waals surface area contributed by atoms with E-state index >= 15 is 0 Å².